The van der Waals surface area contributed by atoms with Crippen molar-refractivity contribution < 1.29 is 4.79 Å². The van der Waals surface area contributed by atoms with Crippen LogP contribution in [0.1, 0.15) is 62.2 Å². The van der Waals surface area contributed by atoms with Gasteiger partial charge in [0.25, 0.3) is 0 Å². The molecular weight excluding hydrogens is 308 g/mol. The van der Waals surface area contributed by atoms with E-state index in [1.807, 2.05) is 10.8 Å². The molecule has 1 heterocycles. The molecule has 0 radical (unpaired) electrons. The van der Waals surface area contributed by atoms with Crippen LogP contribution in [0.25, 0.3) is 0 Å². The molecule has 100 valence electrons. The van der Waals surface area contributed by atoms with E-state index in [1.54, 1.807) is 11.3 Å². The minimum Gasteiger partial charge on any atom is -0.294 e. The summed E-state index contributed by atoms with van der Waals surface area (Å²) in [6.07, 6.45) is 8.68. The zero-order valence-corrected chi connectivity index (χ0v) is 13.4. The Kier molecular flexibility index (Phi) is 5.43. The second kappa shape index (κ2) is 6.85. The second-order valence-electron chi connectivity index (χ2n) is 5.36. The van der Waals surface area contributed by atoms with Gasteiger partial charge < -0.3 is 0 Å². The molecule has 0 aliphatic heterocycles. The Hall–Kier alpha value is -0.150. The summed E-state index contributed by atoms with van der Waals surface area (Å²) in [5, 5.41) is 3.98. The Bertz CT molecular complexity index is 391. The van der Waals surface area contributed by atoms with E-state index in [1.165, 1.54) is 32.1 Å². The number of carbonyl (C=O) groups excluding carboxylic acids is 1. The highest BCUT2D eigenvalue weighted by Gasteiger charge is 2.27. The first kappa shape index (κ1) is 14.3. The fraction of sp³-hybridized carbons (Fsp3) is 0.667. The summed E-state index contributed by atoms with van der Waals surface area (Å²) < 4.78 is 0.977. The third-order valence-electron chi connectivity index (χ3n) is 4.06. The highest BCUT2D eigenvalue weighted by molar-refractivity contribution is 9.10. The van der Waals surface area contributed by atoms with Gasteiger partial charge in [0, 0.05) is 26.7 Å². The predicted octanol–water partition coefficient (Wildman–Crippen LogP) is 5.69. The molecule has 1 aromatic rings. The Labute approximate surface area is 122 Å². The maximum atomic E-state index is 12.4. The van der Waals surface area contributed by atoms with Crippen molar-refractivity contribution in [2.75, 3.05) is 0 Å². The molecule has 1 aliphatic carbocycles. The van der Waals surface area contributed by atoms with Gasteiger partial charge in [0.2, 0.25) is 0 Å². The number of carbonyl (C=O) groups is 1. The summed E-state index contributed by atoms with van der Waals surface area (Å²) in [7, 11) is 0. The lowest BCUT2D eigenvalue weighted by Gasteiger charge is -2.27. The van der Waals surface area contributed by atoms with Gasteiger partial charge in [-0.05, 0) is 47.5 Å². The summed E-state index contributed by atoms with van der Waals surface area (Å²) in [6.45, 7) is 2.25. The molecule has 0 aromatic carbocycles. The second-order valence-corrected chi connectivity index (χ2v) is 6.96. The van der Waals surface area contributed by atoms with Gasteiger partial charge in [0.1, 0.15) is 0 Å². The molecule has 0 amide bonds. The molecule has 1 nitrogen and oxygen atoms in total. The summed E-state index contributed by atoms with van der Waals surface area (Å²) in [5.74, 6) is 1.51. The first-order chi connectivity index (χ1) is 8.72. The topological polar surface area (TPSA) is 17.1 Å². The van der Waals surface area contributed by atoms with E-state index in [9.17, 15) is 4.79 Å². The van der Waals surface area contributed by atoms with E-state index in [0.29, 0.717) is 5.78 Å². The van der Waals surface area contributed by atoms with Gasteiger partial charge in [-0.25, -0.2) is 0 Å². The average Bonchev–Trinajstić information content (AvgIpc) is 2.82. The zero-order valence-electron chi connectivity index (χ0n) is 11.0. The van der Waals surface area contributed by atoms with Gasteiger partial charge in [0.05, 0.1) is 0 Å². The number of thiophene rings is 1. The third-order valence-corrected chi connectivity index (χ3v) is 5.77. The summed E-state index contributed by atoms with van der Waals surface area (Å²) in [5.41, 5.74) is 0.900. The Morgan fingerprint density at radius 3 is 2.61 bits per heavy atom. The Morgan fingerprint density at radius 2 is 2.06 bits per heavy atom. The van der Waals surface area contributed by atoms with Crippen LogP contribution in [0.3, 0.4) is 0 Å². The van der Waals surface area contributed by atoms with E-state index in [0.717, 1.165) is 28.8 Å². The van der Waals surface area contributed by atoms with E-state index in [4.69, 9.17) is 0 Å². The molecule has 0 bridgehead atoms. The quantitative estimate of drug-likeness (QED) is 0.634. The standard InChI is InChI=1S/C15H21BrOS/c1-2-3-4-11-5-7-12(8-6-11)15(17)13-9-18-10-14(13)16/h9-12H,2-8H2,1H3. The molecule has 1 aromatic heterocycles. The molecule has 1 fully saturated rings. The number of ketones is 1. The van der Waals surface area contributed by atoms with E-state index < -0.39 is 0 Å². The van der Waals surface area contributed by atoms with E-state index >= 15 is 0 Å². The highest BCUT2D eigenvalue weighted by atomic mass is 79.9. The number of hydrogen-bond donors (Lipinski definition) is 0. The van der Waals surface area contributed by atoms with E-state index in [-0.39, 0.29) is 5.92 Å². The van der Waals surface area contributed by atoms with Gasteiger partial charge in [0.15, 0.2) is 5.78 Å². The van der Waals surface area contributed by atoms with Crippen LogP contribution in [-0.2, 0) is 0 Å². The fourth-order valence-corrected chi connectivity index (χ4v) is 4.36. The summed E-state index contributed by atoms with van der Waals surface area (Å²) >= 11 is 5.07. The number of Topliss-reactive ketones (excluding diaryl/α,β-unsaturated/α-hetero) is 1. The van der Waals surface area contributed by atoms with Crippen molar-refractivity contribution >= 4 is 33.0 Å². The van der Waals surface area contributed by atoms with Crippen LogP contribution >= 0.6 is 27.3 Å². The molecule has 2 rings (SSSR count). The molecule has 3 heteroatoms. The normalized spacial score (nSPS) is 24.1. The SMILES string of the molecule is CCCCC1CCC(C(=O)c2cscc2Br)CC1. The lowest BCUT2D eigenvalue weighted by atomic mass is 9.77. The van der Waals surface area contributed by atoms with Crippen molar-refractivity contribution in [2.24, 2.45) is 11.8 Å². The molecule has 1 aliphatic rings. The van der Waals surface area contributed by atoms with Crippen LogP contribution in [0.2, 0.25) is 0 Å². The molecule has 0 saturated heterocycles. The average molecular weight is 329 g/mol. The van der Waals surface area contributed by atoms with Crippen LogP contribution in [0.4, 0.5) is 0 Å². The van der Waals surface area contributed by atoms with Gasteiger partial charge in [-0.1, -0.05) is 26.2 Å². The third kappa shape index (κ3) is 3.45. The zero-order chi connectivity index (χ0) is 13.0. The first-order valence-electron chi connectivity index (χ1n) is 6.98. The predicted molar refractivity (Wildman–Crippen MR) is 81.3 cm³/mol. The lowest BCUT2D eigenvalue weighted by Crippen LogP contribution is -2.22. The minimum absolute atomic E-state index is 0.272. The van der Waals surface area contributed by atoms with Crippen LogP contribution in [0.15, 0.2) is 15.2 Å². The van der Waals surface area contributed by atoms with Crippen LogP contribution in [-0.4, -0.2) is 5.78 Å². The van der Waals surface area contributed by atoms with Crippen LogP contribution in [0, 0.1) is 11.8 Å². The van der Waals surface area contributed by atoms with Crippen molar-refractivity contribution in [3.8, 4) is 0 Å². The largest absolute Gasteiger partial charge is 0.294 e. The maximum absolute atomic E-state index is 12.4. The molecule has 0 unspecified atom stereocenters. The van der Waals surface area contributed by atoms with Crippen LogP contribution in [0.5, 0.6) is 0 Å². The van der Waals surface area contributed by atoms with Gasteiger partial charge in [-0.2, -0.15) is 11.3 Å². The lowest BCUT2D eigenvalue weighted by molar-refractivity contribution is 0.0869. The monoisotopic (exact) mass is 328 g/mol. The van der Waals surface area contributed by atoms with Gasteiger partial charge >= 0.3 is 0 Å². The Balaban J connectivity index is 1.86. The van der Waals surface area contributed by atoms with Crippen LogP contribution < -0.4 is 0 Å². The molecular formula is C15H21BrOS. The number of rotatable bonds is 5. The van der Waals surface area contributed by atoms with Gasteiger partial charge in [-0.15, -0.1) is 0 Å². The molecule has 18 heavy (non-hydrogen) atoms. The number of unbranched alkanes of at least 4 members (excludes halogenated alkanes) is 1. The fourth-order valence-electron chi connectivity index (χ4n) is 2.88. The number of hydrogen-bond acceptors (Lipinski definition) is 2. The first-order valence-corrected chi connectivity index (χ1v) is 8.71. The molecule has 1 saturated carbocycles. The maximum Gasteiger partial charge on any atom is 0.167 e. The minimum atomic E-state index is 0.272. The van der Waals surface area contributed by atoms with Crippen molar-refractivity contribution in [1.29, 1.82) is 0 Å². The highest BCUT2D eigenvalue weighted by Crippen LogP contribution is 2.35. The summed E-state index contributed by atoms with van der Waals surface area (Å²) in [4.78, 5) is 12.4. The molecule has 0 N–H and O–H groups in total. The summed E-state index contributed by atoms with van der Waals surface area (Å²) in [6, 6.07) is 0. The molecule has 0 atom stereocenters. The Morgan fingerprint density at radius 1 is 1.33 bits per heavy atom. The van der Waals surface area contributed by atoms with Gasteiger partial charge in [-0.3, -0.25) is 4.79 Å². The smallest absolute Gasteiger partial charge is 0.167 e. The van der Waals surface area contributed by atoms with Crippen molar-refractivity contribution in [1.82, 2.24) is 0 Å². The molecule has 0 spiro atoms. The van der Waals surface area contributed by atoms with Crippen molar-refractivity contribution in [3.05, 3.63) is 20.8 Å². The van der Waals surface area contributed by atoms with E-state index in [2.05, 4.69) is 22.9 Å². The number of halogens is 1. The van der Waals surface area contributed by atoms with Crippen molar-refractivity contribution in [2.45, 2.75) is 51.9 Å². The van der Waals surface area contributed by atoms with Crippen molar-refractivity contribution in [3.63, 3.8) is 0 Å².